The van der Waals surface area contributed by atoms with Crippen LogP contribution in [0.15, 0.2) is 18.2 Å². The lowest BCUT2D eigenvalue weighted by molar-refractivity contribution is -0.132. The van der Waals surface area contributed by atoms with Gasteiger partial charge in [0.2, 0.25) is 5.91 Å². The fraction of sp³-hybridized carbons (Fsp3) is 0.529. The van der Waals surface area contributed by atoms with E-state index in [1.165, 1.54) is 0 Å². The molecule has 1 atom stereocenters. The van der Waals surface area contributed by atoms with Crippen LogP contribution < -0.4 is 10.6 Å². The Hall–Kier alpha value is -1.83. The molecule has 25 heavy (non-hydrogen) atoms. The Kier molecular flexibility index (Phi) is 6.26. The highest BCUT2D eigenvalue weighted by molar-refractivity contribution is 6.31. The van der Waals surface area contributed by atoms with Crippen molar-refractivity contribution in [1.29, 1.82) is 0 Å². The van der Waals surface area contributed by atoms with Crippen LogP contribution in [-0.2, 0) is 9.53 Å². The number of carbonyl (C=O) groups is 2. The van der Waals surface area contributed by atoms with Crippen molar-refractivity contribution in [1.82, 2.24) is 10.2 Å². The van der Waals surface area contributed by atoms with E-state index in [1.54, 1.807) is 18.2 Å². The Morgan fingerprint density at radius 2 is 2.08 bits per heavy atom. The number of nitrogens with one attached hydrogen (secondary N) is 2. The summed E-state index contributed by atoms with van der Waals surface area (Å²) in [6, 6.07) is 4.29. The molecule has 1 unspecified atom stereocenters. The maximum absolute atomic E-state index is 12.5. The molecule has 1 heterocycles. The van der Waals surface area contributed by atoms with E-state index >= 15 is 0 Å². The van der Waals surface area contributed by atoms with Crippen LogP contribution in [0, 0.1) is 6.92 Å². The number of hydrogen-bond acceptors (Lipinski definition) is 4. The van der Waals surface area contributed by atoms with Gasteiger partial charge in [-0.15, -0.1) is 0 Å². The normalized spacial score (nSPS) is 16.8. The molecule has 0 aromatic heterocycles. The van der Waals surface area contributed by atoms with Gasteiger partial charge in [0.15, 0.2) is 0 Å². The number of nitrogens with zero attached hydrogens (tertiary/aromatic N) is 1. The summed E-state index contributed by atoms with van der Waals surface area (Å²) in [7, 11) is 3.91. The largest absolute Gasteiger partial charge is 0.465 e. The predicted octanol–water partition coefficient (Wildman–Crippen LogP) is 2.33. The van der Waals surface area contributed by atoms with Gasteiger partial charge in [-0.2, -0.15) is 0 Å². The third kappa shape index (κ3) is 4.84. The smallest absolute Gasteiger partial charge is 0.405 e. The molecule has 0 radical (unpaired) electrons. The van der Waals surface area contributed by atoms with Crippen molar-refractivity contribution in [3.8, 4) is 0 Å². The molecule has 2 rings (SSSR count). The summed E-state index contributed by atoms with van der Waals surface area (Å²) in [6.45, 7) is 3.00. The average molecular weight is 370 g/mol. The third-order valence-electron chi connectivity index (χ3n) is 4.63. The lowest BCUT2D eigenvalue weighted by Gasteiger charge is -2.47. The lowest BCUT2D eigenvalue weighted by Crippen LogP contribution is -2.60. The molecule has 1 fully saturated rings. The van der Waals surface area contributed by atoms with Gasteiger partial charge < -0.3 is 20.5 Å². The maximum Gasteiger partial charge on any atom is 0.405 e. The fourth-order valence-corrected chi connectivity index (χ4v) is 2.86. The van der Waals surface area contributed by atoms with E-state index in [2.05, 4.69) is 15.5 Å². The van der Waals surface area contributed by atoms with Crippen molar-refractivity contribution >= 4 is 29.3 Å². The molecule has 1 aromatic carbocycles. The first-order valence-corrected chi connectivity index (χ1v) is 8.43. The molecule has 3 N–H and O–H groups in total. The van der Waals surface area contributed by atoms with Crippen LogP contribution in [0.2, 0.25) is 5.02 Å². The van der Waals surface area contributed by atoms with Gasteiger partial charge in [-0.05, 0) is 57.6 Å². The van der Waals surface area contributed by atoms with E-state index in [4.69, 9.17) is 21.4 Å². The molecule has 0 saturated carbocycles. The number of amides is 2. The number of anilines is 1. The third-order valence-corrected chi connectivity index (χ3v) is 5.05. The topological polar surface area (TPSA) is 90.9 Å². The highest BCUT2D eigenvalue weighted by atomic mass is 35.5. The van der Waals surface area contributed by atoms with E-state index in [-0.39, 0.29) is 5.54 Å². The standard InChI is InChI=1S/C17H24ClN3O4/c1-11-8-12(4-5-13(11)18)19-15(22)14(20-16(23)24)6-7-17(21(2)3)9-25-10-17/h4-5,8,14,20H,6-7,9-10H2,1-3H3,(H,19,22)(H,23,24). The van der Waals surface area contributed by atoms with E-state index in [0.29, 0.717) is 36.8 Å². The molecule has 0 bridgehead atoms. The Morgan fingerprint density at radius 3 is 2.56 bits per heavy atom. The first-order chi connectivity index (χ1) is 11.7. The zero-order chi connectivity index (χ0) is 18.6. The number of carbonyl (C=O) groups excluding carboxylic acids is 1. The summed E-state index contributed by atoms with van der Waals surface area (Å²) in [4.78, 5) is 25.7. The average Bonchev–Trinajstić information content (AvgIpc) is 2.48. The molecule has 2 amide bonds. The van der Waals surface area contributed by atoms with Gasteiger partial charge in [0.1, 0.15) is 6.04 Å². The second-order valence-corrected chi connectivity index (χ2v) is 7.01. The van der Waals surface area contributed by atoms with Crippen LogP contribution in [0.1, 0.15) is 18.4 Å². The number of ether oxygens (including phenoxy) is 1. The molecule has 0 spiro atoms. The molecular formula is C17H24ClN3O4. The number of aryl methyl sites for hydroxylation is 1. The monoisotopic (exact) mass is 369 g/mol. The first-order valence-electron chi connectivity index (χ1n) is 8.05. The van der Waals surface area contributed by atoms with E-state index in [1.807, 2.05) is 21.0 Å². The molecular weight excluding hydrogens is 346 g/mol. The quantitative estimate of drug-likeness (QED) is 0.686. The number of likely N-dealkylation sites (N-methyl/N-ethyl adjacent to an activating group) is 1. The van der Waals surface area contributed by atoms with Crippen molar-refractivity contribution in [2.75, 3.05) is 32.6 Å². The molecule has 1 aliphatic heterocycles. The van der Waals surface area contributed by atoms with Crippen LogP contribution >= 0.6 is 11.6 Å². The lowest BCUT2D eigenvalue weighted by atomic mass is 9.88. The fourth-order valence-electron chi connectivity index (χ4n) is 2.75. The molecule has 7 nitrogen and oxygen atoms in total. The van der Waals surface area contributed by atoms with Crippen LogP contribution in [0.3, 0.4) is 0 Å². The van der Waals surface area contributed by atoms with E-state index in [0.717, 1.165) is 5.56 Å². The van der Waals surface area contributed by atoms with Crippen molar-refractivity contribution in [2.45, 2.75) is 31.3 Å². The summed E-state index contributed by atoms with van der Waals surface area (Å²) < 4.78 is 5.30. The molecule has 1 aromatic rings. The van der Waals surface area contributed by atoms with Gasteiger partial charge in [0.05, 0.1) is 18.8 Å². The molecule has 8 heteroatoms. The summed E-state index contributed by atoms with van der Waals surface area (Å²) in [5.41, 5.74) is 1.27. The van der Waals surface area contributed by atoms with Crippen LogP contribution in [0.4, 0.5) is 10.5 Å². The number of benzene rings is 1. The van der Waals surface area contributed by atoms with Crippen molar-refractivity contribution in [3.05, 3.63) is 28.8 Å². The summed E-state index contributed by atoms with van der Waals surface area (Å²) >= 11 is 5.98. The maximum atomic E-state index is 12.5. The van der Waals surface area contributed by atoms with Crippen molar-refractivity contribution < 1.29 is 19.4 Å². The second-order valence-electron chi connectivity index (χ2n) is 6.61. The van der Waals surface area contributed by atoms with Crippen LogP contribution in [0.25, 0.3) is 0 Å². The molecule has 0 aliphatic carbocycles. The molecule has 1 saturated heterocycles. The highest BCUT2D eigenvalue weighted by Crippen LogP contribution is 2.29. The summed E-state index contributed by atoms with van der Waals surface area (Å²) in [5.74, 6) is -0.390. The van der Waals surface area contributed by atoms with Crippen molar-refractivity contribution in [3.63, 3.8) is 0 Å². The van der Waals surface area contributed by atoms with Gasteiger partial charge >= 0.3 is 6.09 Å². The predicted molar refractivity (Wildman–Crippen MR) is 96.2 cm³/mol. The molecule has 138 valence electrons. The Bertz CT molecular complexity index is 647. The Balaban J connectivity index is 2.03. The van der Waals surface area contributed by atoms with Gasteiger partial charge in [-0.25, -0.2) is 4.79 Å². The number of halogens is 1. The van der Waals surface area contributed by atoms with Gasteiger partial charge in [-0.1, -0.05) is 11.6 Å². The van der Waals surface area contributed by atoms with Gasteiger partial charge in [0.25, 0.3) is 0 Å². The highest BCUT2D eigenvalue weighted by Gasteiger charge is 2.41. The second kappa shape index (κ2) is 8.03. The zero-order valence-electron chi connectivity index (χ0n) is 14.6. The summed E-state index contributed by atoms with van der Waals surface area (Å²) in [5, 5.41) is 14.7. The Labute approximate surface area is 152 Å². The minimum absolute atomic E-state index is 0.143. The summed E-state index contributed by atoms with van der Waals surface area (Å²) in [6.07, 6.45) is -0.194. The SMILES string of the molecule is Cc1cc(NC(=O)C(CCC2(N(C)C)COC2)NC(=O)O)ccc1Cl. The van der Waals surface area contributed by atoms with E-state index in [9.17, 15) is 9.59 Å². The van der Waals surface area contributed by atoms with Gasteiger partial charge in [-0.3, -0.25) is 9.69 Å². The number of hydrogen-bond donors (Lipinski definition) is 3. The molecule has 1 aliphatic rings. The van der Waals surface area contributed by atoms with Crippen LogP contribution in [-0.4, -0.2) is 60.9 Å². The Morgan fingerprint density at radius 1 is 1.40 bits per heavy atom. The minimum Gasteiger partial charge on any atom is -0.465 e. The van der Waals surface area contributed by atoms with Crippen LogP contribution in [0.5, 0.6) is 0 Å². The van der Waals surface area contributed by atoms with E-state index < -0.39 is 18.0 Å². The number of rotatable bonds is 7. The zero-order valence-corrected chi connectivity index (χ0v) is 15.4. The minimum atomic E-state index is -1.23. The first kappa shape index (κ1) is 19.5. The van der Waals surface area contributed by atoms with Crippen molar-refractivity contribution in [2.24, 2.45) is 0 Å². The van der Waals surface area contributed by atoms with Gasteiger partial charge in [0, 0.05) is 10.7 Å². The number of carboxylic acid groups (broad SMARTS) is 1.